The van der Waals surface area contributed by atoms with Crippen molar-refractivity contribution >= 4 is 45.9 Å². The Morgan fingerprint density at radius 1 is 1.10 bits per heavy atom. The van der Waals surface area contributed by atoms with Crippen LogP contribution in [0.25, 0.3) is 10.8 Å². The van der Waals surface area contributed by atoms with Gasteiger partial charge in [-0.1, -0.05) is 53.5 Å². The maximum Gasteiger partial charge on any atom is 0.338 e. The molecule has 0 radical (unpaired) electrons. The normalized spacial score (nSPS) is 11.8. The fraction of sp³-hybridized carbons (Fsp3) is 0.182. The van der Waals surface area contributed by atoms with E-state index < -0.39 is 24.5 Å². The average molecular weight is 448 g/mol. The van der Waals surface area contributed by atoms with Gasteiger partial charge in [-0.3, -0.25) is 10.0 Å². The third-order valence-corrected chi connectivity index (χ3v) is 5.12. The highest BCUT2D eigenvalue weighted by Gasteiger charge is 2.21. The van der Waals surface area contributed by atoms with E-state index in [1.807, 2.05) is 18.2 Å². The number of hydrogen-bond acceptors (Lipinski definition) is 5. The van der Waals surface area contributed by atoms with Crippen molar-refractivity contribution in [1.82, 2.24) is 5.06 Å². The summed E-state index contributed by atoms with van der Waals surface area (Å²) in [4.78, 5) is 24.5. The average Bonchev–Trinajstić information content (AvgIpc) is 2.75. The molecule has 30 heavy (non-hydrogen) atoms. The van der Waals surface area contributed by atoms with Crippen molar-refractivity contribution in [2.45, 2.75) is 13.0 Å². The highest BCUT2D eigenvalue weighted by molar-refractivity contribution is 6.39. The lowest BCUT2D eigenvalue weighted by Gasteiger charge is -2.23. The van der Waals surface area contributed by atoms with Gasteiger partial charge in [0.25, 0.3) is 5.91 Å². The van der Waals surface area contributed by atoms with Gasteiger partial charge in [0.05, 0.1) is 23.7 Å². The number of ether oxygens (including phenoxy) is 2. The van der Waals surface area contributed by atoms with Crippen LogP contribution < -0.4 is 4.74 Å². The number of carbonyl (C=O) groups excluding carboxylic acids is 2. The SMILES string of the molecule is COC(=O)c1cc(OCC(=O)N(O)C(C)c2ccccc2)c2c(Cl)cc(Cl)cc2c1. The monoisotopic (exact) mass is 447 g/mol. The molecule has 1 atom stereocenters. The Kier molecular flexibility index (Phi) is 6.82. The largest absolute Gasteiger partial charge is 0.483 e. The summed E-state index contributed by atoms with van der Waals surface area (Å²) in [5.41, 5.74) is 0.980. The van der Waals surface area contributed by atoms with Crippen molar-refractivity contribution in [1.29, 1.82) is 0 Å². The van der Waals surface area contributed by atoms with Crippen molar-refractivity contribution < 1.29 is 24.3 Å². The highest BCUT2D eigenvalue weighted by atomic mass is 35.5. The minimum Gasteiger partial charge on any atom is -0.483 e. The van der Waals surface area contributed by atoms with Gasteiger partial charge in [-0.15, -0.1) is 0 Å². The van der Waals surface area contributed by atoms with Gasteiger partial charge >= 0.3 is 5.97 Å². The van der Waals surface area contributed by atoms with Crippen LogP contribution in [0, 0.1) is 0 Å². The van der Waals surface area contributed by atoms with E-state index in [4.69, 9.17) is 32.7 Å². The summed E-state index contributed by atoms with van der Waals surface area (Å²) in [6.45, 7) is 1.23. The van der Waals surface area contributed by atoms with E-state index in [0.29, 0.717) is 25.9 Å². The van der Waals surface area contributed by atoms with Crippen LogP contribution in [-0.4, -0.2) is 35.9 Å². The minimum absolute atomic E-state index is 0.198. The molecule has 8 heteroatoms. The zero-order valence-corrected chi connectivity index (χ0v) is 17.8. The number of hydrogen-bond donors (Lipinski definition) is 1. The summed E-state index contributed by atoms with van der Waals surface area (Å²) in [6, 6.07) is 14.7. The van der Waals surface area contributed by atoms with Crippen molar-refractivity contribution in [3.05, 3.63) is 75.8 Å². The number of rotatable bonds is 6. The Hall–Kier alpha value is -2.80. The molecule has 0 aliphatic rings. The summed E-state index contributed by atoms with van der Waals surface area (Å²) in [5, 5.41) is 12.6. The molecule has 0 saturated heterocycles. The molecule has 3 aromatic rings. The number of nitrogens with zero attached hydrogens (tertiary/aromatic N) is 1. The number of hydroxylamine groups is 2. The zero-order valence-electron chi connectivity index (χ0n) is 16.3. The van der Waals surface area contributed by atoms with E-state index in [0.717, 1.165) is 5.56 Å². The molecular weight excluding hydrogens is 429 g/mol. The second-order valence-electron chi connectivity index (χ2n) is 6.57. The van der Waals surface area contributed by atoms with Crippen molar-refractivity contribution in [2.24, 2.45) is 0 Å². The summed E-state index contributed by atoms with van der Waals surface area (Å²) in [5.74, 6) is -1.04. The van der Waals surface area contributed by atoms with E-state index in [9.17, 15) is 14.8 Å². The highest BCUT2D eigenvalue weighted by Crippen LogP contribution is 2.36. The number of methoxy groups -OCH3 is 1. The van der Waals surface area contributed by atoms with Gasteiger partial charge in [0.15, 0.2) is 6.61 Å². The van der Waals surface area contributed by atoms with Crippen LogP contribution >= 0.6 is 23.2 Å². The van der Waals surface area contributed by atoms with E-state index in [1.165, 1.54) is 19.2 Å². The van der Waals surface area contributed by atoms with Crippen molar-refractivity contribution in [3.63, 3.8) is 0 Å². The molecule has 0 spiro atoms. The predicted octanol–water partition coefficient (Wildman–Crippen LogP) is 5.29. The first-order valence-corrected chi connectivity index (χ1v) is 9.77. The lowest BCUT2D eigenvalue weighted by Crippen LogP contribution is -2.34. The van der Waals surface area contributed by atoms with Crippen LogP contribution in [-0.2, 0) is 9.53 Å². The Bertz CT molecular complexity index is 1090. The Labute approximate surface area is 183 Å². The molecule has 0 heterocycles. The number of esters is 1. The van der Waals surface area contributed by atoms with Crippen LogP contribution in [0.3, 0.4) is 0 Å². The molecular formula is C22H19Cl2NO5. The van der Waals surface area contributed by atoms with Gasteiger partial charge in [-0.25, -0.2) is 9.86 Å². The van der Waals surface area contributed by atoms with E-state index in [1.54, 1.807) is 31.2 Å². The molecule has 3 rings (SSSR count). The second-order valence-corrected chi connectivity index (χ2v) is 7.41. The van der Waals surface area contributed by atoms with E-state index in [-0.39, 0.29) is 11.3 Å². The lowest BCUT2D eigenvalue weighted by atomic mass is 10.1. The molecule has 1 amide bonds. The van der Waals surface area contributed by atoms with Gasteiger partial charge in [-0.2, -0.15) is 0 Å². The van der Waals surface area contributed by atoms with Crippen LogP contribution in [0.1, 0.15) is 28.9 Å². The predicted molar refractivity (Wildman–Crippen MR) is 114 cm³/mol. The number of amides is 1. The van der Waals surface area contributed by atoms with Crippen LogP contribution in [0.2, 0.25) is 10.0 Å². The first-order chi connectivity index (χ1) is 14.3. The molecule has 1 unspecified atom stereocenters. The third-order valence-electron chi connectivity index (χ3n) is 4.61. The minimum atomic E-state index is -0.659. The van der Waals surface area contributed by atoms with Crippen molar-refractivity contribution in [2.75, 3.05) is 13.7 Å². The lowest BCUT2D eigenvalue weighted by molar-refractivity contribution is -0.177. The molecule has 0 aromatic heterocycles. The smallest absolute Gasteiger partial charge is 0.338 e. The maximum absolute atomic E-state index is 12.5. The Morgan fingerprint density at radius 2 is 1.80 bits per heavy atom. The standard InChI is InChI=1S/C22H19Cl2NO5/c1-13(14-6-4-3-5-7-14)25(28)20(26)12-30-19-10-16(22(27)29-2)8-15-9-17(23)11-18(24)21(15)19/h3-11,13,28H,12H2,1-2H3. The Balaban J connectivity index is 1.87. The maximum atomic E-state index is 12.5. The fourth-order valence-electron chi connectivity index (χ4n) is 3.03. The van der Waals surface area contributed by atoms with Gasteiger partial charge in [0.1, 0.15) is 5.75 Å². The molecule has 156 valence electrons. The van der Waals surface area contributed by atoms with Gasteiger partial charge < -0.3 is 9.47 Å². The van der Waals surface area contributed by atoms with Gasteiger partial charge in [0.2, 0.25) is 0 Å². The van der Waals surface area contributed by atoms with Crippen molar-refractivity contribution in [3.8, 4) is 5.75 Å². The molecule has 0 aliphatic heterocycles. The molecule has 1 N–H and O–H groups in total. The second kappa shape index (κ2) is 9.34. The van der Waals surface area contributed by atoms with Crippen LogP contribution in [0.4, 0.5) is 0 Å². The summed E-state index contributed by atoms with van der Waals surface area (Å²) in [6.07, 6.45) is 0. The van der Waals surface area contributed by atoms with Crippen LogP contribution in [0.5, 0.6) is 5.75 Å². The number of halogens is 2. The number of benzene rings is 3. The third kappa shape index (κ3) is 4.67. The van der Waals surface area contributed by atoms with Gasteiger partial charge in [0, 0.05) is 10.4 Å². The number of fused-ring (bicyclic) bond motifs is 1. The first-order valence-electron chi connectivity index (χ1n) is 9.01. The van der Waals surface area contributed by atoms with E-state index >= 15 is 0 Å². The zero-order chi connectivity index (χ0) is 21.8. The molecule has 0 fully saturated rings. The quantitative estimate of drug-likeness (QED) is 0.315. The molecule has 6 nitrogen and oxygen atoms in total. The first kappa shape index (κ1) is 21.9. The summed E-state index contributed by atoms with van der Waals surface area (Å²) < 4.78 is 10.4. The fourth-order valence-corrected chi connectivity index (χ4v) is 3.64. The molecule has 0 bridgehead atoms. The topological polar surface area (TPSA) is 76.1 Å². The van der Waals surface area contributed by atoms with Gasteiger partial charge in [-0.05, 0) is 42.1 Å². The molecule has 3 aromatic carbocycles. The van der Waals surface area contributed by atoms with E-state index in [2.05, 4.69) is 0 Å². The number of carbonyl (C=O) groups is 2. The molecule has 0 aliphatic carbocycles. The Morgan fingerprint density at radius 3 is 2.47 bits per heavy atom. The summed E-state index contributed by atoms with van der Waals surface area (Å²) in [7, 11) is 1.26. The molecule has 0 saturated carbocycles. The van der Waals surface area contributed by atoms with Crippen LogP contribution in [0.15, 0.2) is 54.6 Å². The summed E-state index contributed by atoms with van der Waals surface area (Å²) >= 11 is 12.4.